The van der Waals surface area contributed by atoms with Crippen molar-refractivity contribution in [1.29, 1.82) is 0 Å². The second kappa shape index (κ2) is 8.50. The van der Waals surface area contributed by atoms with Gasteiger partial charge >= 0.3 is 0 Å². The van der Waals surface area contributed by atoms with Crippen LogP contribution in [0.25, 0.3) is 22.4 Å². The predicted molar refractivity (Wildman–Crippen MR) is 124 cm³/mol. The van der Waals surface area contributed by atoms with Gasteiger partial charge in [0.15, 0.2) is 10.9 Å². The van der Waals surface area contributed by atoms with Crippen molar-refractivity contribution in [3.63, 3.8) is 0 Å². The maximum atomic E-state index is 12.8. The fraction of sp³-hybridized carbons (Fsp3) is 0.217. The Morgan fingerprint density at radius 1 is 1.03 bits per heavy atom. The molecule has 0 saturated carbocycles. The average Bonchev–Trinajstić information content (AvgIpc) is 3.46. The van der Waals surface area contributed by atoms with Crippen LogP contribution in [0.3, 0.4) is 0 Å². The van der Waals surface area contributed by atoms with Gasteiger partial charge in [0.25, 0.3) is 5.91 Å². The van der Waals surface area contributed by atoms with Gasteiger partial charge in [-0.15, -0.1) is 11.3 Å². The molecule has 2 aromatic carbocycles. The lowest BCUT2D eigenvalue weighted by atomic mass is 10.2. The molecule has 1 N–H and O–H groups in total. The summed E-state index contributed by atoms with van der Waals surface area (Å²) in [6.45, 7) is 1.09. The molecule has 4 aromatic rings. The van der Waals surface area contributed by atoms with Crippen molar-refractivity contribution in [2.24, 2.45) is 0 Å². The lowest BCUT2D eigenvalue weighted by Crippen LogP contribution is -2.35. The minimum absolute atomic E-state index is 0.206. The van der Waals surface area contributed by atoms with Gasteiger partial charge in [-0.05, 0) is 49.2 Å². The van der Waals surface area contributed by atoms with E-state index in [9.17, 15) is 13.2 Å². The number of carbonyl (C=O) groups is 1. The summed E-state index contributed by atoms with van der Waals surface area (Å²) in [7, 11) is -3.52. The van der Waals surface area contributed by atoms with E-state index in [4.69, 9.17) is 4.42 Å². The predicted octanol–water partition coefficient (Wildman–Crippen LogP) is 4.98. The van der Waals surface area contributed by atoms with E-state index in [1.807, 2.05) is 35.7 Å². The van der Waals surface area contributed by atoms with Crippen LogP contribution in [0.2, 0.25) is 0 Å². The number of carbonyl (C=O) groups excluding carboxylic acids is 1. The minimum atomic E-state index is -3.52. The Morgan fingerprint density at radius 2 is 1.78 bits per heavy atom. The minimum Gasteiger partial charge on any atom is -0.454 e. The highest BCUT2D eigenvalue weighted by molar-refractivity contribution is 7.89. The van der Waals surface area contributed by atoms with Crippen LogP contribution < -0.4 is 5.32 Å². The molecule has 0 unspecified atom stereocenters. The molecular formula is C23H21N3O4S2. The highest BCUT2D eigenvalue weighted by Crippen LogP contribution is 2.30. The SMILES string of the molecule is O=C(Nc1nc(-c2cc3ccccc3o2)cs1)c1ccc(S(=O)(=O)N2CCCCC2)cc1. The summed E-state index contributed by atoms with van der Waals surface area (Å²) in [5, 5.41) is 6.02. The molecule has 1 aliphatic heterocycles. The fourth-order valence-electron chi connectivity index (χ4n) is 3.75. The first-order chi connectivity index (χ1) is 15.5. The maximum absolute atomic E-state index is 12.8. The zero-order valence-electron chi connectivity index (χ0n) is 17.2. The Labute approximate surface area is 189 Å². The zero-order valence-corrected chi connectivity index (χ0v) is 18.8. The summed E-state index contributed by atoms with van der Waals surface area (Å²) in [4.78, 5) is 17.3. The third-order valence-corrected chi connectivity index (χ3v) is 8.14. The standard InChI is InChI=1S/C23H21N3O4S2/c27-22(16-8-10-18(11-9-16)32(28,29)26-12-4-1-5-13-26)25-23-24-19(15-31-23)21-14-17-6-2-3-7-20(17)30-21/h2-3,6-11,14-15H,1,4-5,12-13H2,(H,24,25,27). The van der Waals surface area contributed by atoms with Crippen molar-refractivity contribution in [3.8, 4) is 11.5 Å². The van der Waals surface area contributed by atoms with Crippen LogP contribution in [0.5, 0.6) is 0 Å². The van der Waals surface area contributed by atoms with Gasteiger partial charge < -0.3 is 4.42 Å². The van der Waals surface area contributed by atoms with E-state index < -0.39 is 10.0 Å². The first kappa shape index (κ1) is 20.9. The van der Waals surface area contributed by atoms with E-state index in [0.717, 1.165) is 30.2 Å². The van der Waals surface area contributed by atoms with Gasteiger partial charge in [0.05, 0.1) is 4.90 Å². The van der Waals surface area contributed by atoms with Gasteiger partial charge in [-0.3, -0.25) is 10.1 Å². The average molecular weight is 468 g/mol. The Balaban J connectivity index is 1.29. The van der Waals surface area contributed by atoms with Gasteiger partial charge in [-0.2, -0.15) is 4.31 Å². The molecule has 0 atom stereocenters. The number of sulfonamides is 1. The van der Waals surface area contributed by atoms with Gasteiger partial charge in [-0.25, -0.2) is 13.4 Å². The molecule has 1 aliphatic rings. The van der Waals surface area contributed by atoms with Crippen molar-refractivity contribution < 1.29 is 17.6 Å². The van der Waals surface area contributed by atoms with Crippen molar-refractivity contribution in [2.75, 3.05) is 18.4 Å². The molecule has 7 nitrogen and oxygen atoms in total. The van der Waals surface area contributed by atoms with Gasteiger partial charge in [0.2, 0.25) is 10.0 Å². The largest absolute Gasteiger partial charge is 0.454 e. The molecule has 32 heavy (non-hydrogen) atoms. The van der Waals surface area contributed by atoms with Crippen LogP contribution in [0.15, 0.2) is 69.3 Å². The van der Waals surface area contributed by atoms with Crippen LogP contribution in [-0.4, -0.2) is 36.7 Å². The maximum Gasteiger partial charge on any atom is 0.257 e. The lowest BCUT2D eigenvalue weighted by Gasteiger charge is -2.25. The Hall–Kier alpha value is -3.01. The summed E-state index contributed by atoms with van der Waals surface area (Å²) in [6.07, 6.45) is 2.81. The number of nitrogens with one attached hydrogen (secondary N) is 1. The molecule has 1 saturated heterocycles. The van der Waals surface area contributed by atoms with Crippen molar-refractivity contribution in [3.05, 3.63) is 65.5 Å². The number of furan rings is 1. The molecule has 5 rings (SSSR count). The Kier molecular flexibility index (Phi) is 5.54. The molecule has 2 aromatic heterocycles. The monoisotopic (exact) mass is 467 g/mol. The number of fused-ring (bicyclic) bond motifs is 1. The van der Waals surface area contributed by atoms with Crippen molar-refractivity contribution in [2.45, 2.75) is 24.2 Å². The molecule has 1 fully saturated rings. The summed E-state index contributed by atoms with van der Waals surface area (Å²) in [5.74, 6) is 0.285. The van der Waals surface area contributed by atoms with Crippen LogP contribution in [0, 0.1) is 0 Å². The molecule has 164 valence electrons. The number of anilines is 1. The summed E-state index contributed by atoms with van der Waals surface area (Å²) in [6, 6.07) is 15.6. The number of aromatic nitrogens is 1. The Bertz CT molecular complexity index is 1330. The smallest absolute Gasteiger partial charge is 0.257 e. The van der Waals surface area contributed by atoms with Crippen molar-refractivity contribution >= 4 is 43.4 Å². The quantitative estimate of drug-likeness (QED) is 0.447. The van der Waals surface area contributed by atoms with Crippen molar-refractivity contribution in [1.82, 2.24) is 9.29 Å². The summed E-state index contributed by atoms with van der Waals surface area (Å²) < 4.78 is 32.9. The number of amides is 1. The molecule has 0 radical (unpaired) electrons. The molecule has 1 amide bonds. The normalized spacial score (nSPS) is 15.1. The second-order valence-electron chi connectivity index (χ2n) is 7.63. The summed E-state index contributed by atoms with van der Waals surface area (Å²) >= 11 is 1.30. The van der Waals surface area contributed by atoms with E-state index in [1.54, 1.807) is 0 Å². The molecular weight excluding hydrogens is 446 g/mol. The molecule has 3 heterocycles. The molecule has 0 aliphatic carbocycles. The second-order valence-corrected chi connectivity index (χ2v) is 10.4. The Morgan fingerprint density at radius 3 is 2.53 bits per heavy atom. The number of hydrogen-bond donors (Lipinski definition) is 1. The van der Waals surface area contributed by atoms with E-state index in [0.29, 0.717) is 35.2 Å². The molecule has 0 bridgehead atoms. The topological polar surface area (TPSA) is 92.5 Å². The van der Waals surface area contributed by atoms with Gasteiger partial charge in [-0.1, -0.05) is 24.6 Å². The highest BCUT2D eigenvalue weighted by atomic mass is 32.2. The van der Waals surface area contributed by atoms with E-state index in [-0.39, 0.29) is 10.8 Å². The van der Waals surface area contributed by atoms with Gasteiger partial charge in [0.1, 0.15) is 11.3 Å². The number of piperidine rings is 1. The summed E-state index contributed by atoms with van der Waals surface area (Å²) in [5.41, 5.74) is 1.79. The number of para-hydroxylation sites is 1. The van der Waals surface area contributed by atoms with Crippen LogP contribution in [-0.2, 0) is 10.0 Å². The third kappa shape index (κ3) is 4.06. The van der Waals surface area contributed by atoms with Crippen LogP contribution >= 0.6 is 11.3 Å². The third-order valence-electron chi connectivity index (χ3n) is 5.47. The van der Waals surface area contributed by atoms with Crippen LogP contribution in [0.1, 0.15) is 29.6 Å². The number of nitrogens with zero attached hydrogens (tertiary/aromatic N) is 2. The molecule has 9 heteroatoms. The number of hydrogen-bond acceptors (Lipinski definition) is 6. The molecule has 0 spiro atoms. The van der Waals surface area contributed by atoms with E-state index in [1.165, 1.54) is 39.9 Å². The first-order valence-electron chi connectivity index (χ1n) is 10.4. The first-order valence-corrected chi connectivity index (χ1v) is 12.7. The number of thiazole rings is 1. The fourth-order valence-corrected chi connectivity index (χ4v) is 5.97. The van der Waals surface area contributed by atoms with Gasteiger partial charge in [0, 0.05) is 29.4 Å². The van der Waals surface area contributed by atoms with Crippen LogP contribution in [0.4, 0.5) is 5.13 Å². The number of rotatable bonds is 5. The lowest BCUT2D eigenvalue weighted by molar-refractivity contribution is 0.102. The van der Waals surface area contributed by atoms with E-state index >= 15 is 0 Å². The number of benzene rings is 2. The zero-order chi connectivity index (χ0) is 22.1. The van der Waals surface area contributed by atoms with E-state index in [2.05, 4.69) is 10.3 Å². The highest BCUT2D eigenvalue weighted by Gasteiger charge is 2.26.